The Labute approximate surface area is 96.6 Å². The second-order valence-electron chi connectivity index (χ2n) is 3.13. The summed E-state index contributed by atoms with van der Waals surface area (Å²) in [7, 11) is 0. The van der Waals surface area contributed by atoms with Crippen molar-refractivity contribution in [3.8, 4) is 0 Å². The summed E-state index contributed by atoms with van der Waals surface area (Å²) in [6.07, 6.45) is -17.7. The average Bonchev–Trinajstić information content (AvgIpc) is 2.12. The molecule has 110 valence electrons. The van der Waals surface area contributed by atoms with Crippen LogP contribution in [0, 0.1) is 0 Å². The van der Waals surface area contributed by atoms with Gasteiger partial charge in [-0.15, -0.1) is 0 Å². The van der Waals surface area contributed by atoms with Crippen molar-refractivity contribution in [2.75, 3.05) is 0 Å². The maximum atomic E-state index is 13.1. The van der Waals surface area contributed by atoms with Gasteiger partial charge >= 0.3 is 24.4 Å². The Morgan fingerprint density at radius 3 is 1.26 bits per heavy atom. The summed E-state index contributed by atoms with van der Waals surface area (Å²) >= 11 is 0. The maximum absolute atomic E-state index is 13.1. The molecule has 0 amide bonds. The van der Waals surface area contributed by atoms with Gasteiger partial charge in [-0.25, -0.2) is 0 Å². The Kier molecular flexibility index (Phi) is 3.23. The molecule has 0 aromatic carbocycles. The van der Waals surface area contributed by atoms with Crippen molar-refractivity contribution < 1.29 is 43.9 Å². The molecular weight excluding hydrogens is 304 g/mol. The van der Waals surface area contributed by atoms with Crippen molar-refractivity contribution >= 4 is 11.7 Å². The highest BCUT2D eigenvalue weighted by Gasteiger charge is 2.62. The minimum atomic E-state index is -6.18. The molecule has 0 aromatic heterocycles. The SMILES string of the molecule is FC(F)(F)C1=NC(F)(C(F)(F)F)N=C(C(F)(F)F)N1. The number of nitrogens with one attached hydrogen (secondary N) is 1. The first kappa shape index (κ1) is 15.5. The van der Waals surface area contributed by atoms with Crippen LogP contribution in [0.3, 0.4) is 0 Å². The third kappa shape index (κ3) is 3.07. The smallest absolute Gasteiger partial charge is 0.317 e. The number of aliphatic imine (C=N–C) groups is 2. The fraction of sp³-hybridized carbons (Fsp3) is 0.667. The van der Waals surface area contributed by atoms with E-state index in [1.165, 1.54) is 9.98 Å². The van der Waals surface area contributed by atoms with E-state index in [2.05, 4.69) is 0 Å². The number of hydrogen-bond acceptors (Lipinski definition) is 3. The van der Waals surface area contributed by atoms with Crippen molar-refractivity contribution in [3.05, 3.63) is 0 Å². The summed E-state index contributed by atoms with van der Waals surface area (Å²) in [4.78, 5) is 3.04. The molecule has 0 saturated heterocycles. The molecule has 1 N–H and O–H groups in total. The van der Waals surface area contributed by atoms with E-state index in [4.69, 9.17) is 0 Å². The molecule has 3 nitrogen and oxygen atoms in total. The fourth-order valence-electron chi connectivity index (χ4n) is 0.885. The zero-order chi connectivity index (χ0) is 15.3. The monoisotopic (exact) mass is 305 g/mol. The van der Waals surface area contributed by atoms with E-state index < -0.39 is 36.1 Å². The Hall–Kier alpha value is -1.56. The van der Waals surface area contributed by atoms with Gasteiger partial charge in [0.15, 0.2) is 0 Å². The van der Waals surface area contributed by atoms with Gasteiger partial charge < -0.3 is 5.32 Å². The van der Waals surface area contributed by atoms with Crippen LogP contribution < -0.4 is 5.32 Å². The lowest BCUT2D eigenvalue weighted by Gasteiger charge is -2.28. The number of halogens is 10. The Balaban J connectivity index is 3.39. The molecule has 0 saturated carbocycles. The van der Waals surface area contributed by atoms with Gasteiger partial charge in [-0.1, -0.05) is 0 Å². The number of rotatable bonds is 0. The van der Waals surface area contributed by atoms with E-state index in [0.717, 1.165) is 0 Å². The quantitative estimate of drug-likeness (QED) is 0.542. The van der Waals surface area contributed by atoms with Crippen LogP contribution in [0.5, 0.6) is 0 Å². The van der Waals surface area contributed by atoms with Crippen LogP contribution in [0.2, 0.25) is 0 Å². The third-order valence-electron chi connectivity index (χ3n) is 1.65. The lowest BCUT2D eigenvalue weighted by atomic mass is 10.3. The fourth-order valence-corrected chi connectivity index (χ4v) is 0.885. The first-order valence-corrected chi connectivity index (χ1v) is 4.03. The molecule has 13 heteroatoms. The van der Waals surface area contributed by atoms with Gasteiger partial charge in [-0.2, -0.15) is 53.9 Å². The van der Waals surface area contributed by atoms with Crippen LogP contribution in [0.25, 0.3) is 0 Å². The molecule has 0 aliphatic carbocycles. The zero-order valence-corrected chi connectivity index (χ0v) is 8.17. The van der Waals surface area contributed by atoms with Crippen molar-refractivity contribution in [1.29, 1.82) is 0 Å². The van der Waals surface area contributed by atoms with E-state index in [1.807, 2.05) is 0 Å². The van der Waals surface area contributed by atoms with E-state index in [-0.39, 0.29) is 0 Å². The van der Waals surface area contributed by atoms with Gasteiger partial charge in [-0.3, -0.25) is 0 Å². The molecule has 1 heterocycles. The lowest BCUT2D eigenvalue weighted by molar-refractivity contribution is -0.226. The largest absolute Gasteiger partial charge is 0.467 e. The van der Waals surface area contributed by atoms with Crippen molar-refractivity contribution in [3.63, 3.8) is 0 Å². The van der Waals surface area contributed by atoms with Crippen LogP contribution in [0.4, 0.5) is 43.9 Å². The van der Waals surface area contributed by atoms with E-state index in [9.17, 15) is 43.9 Å². The zero-order valence-electron chi connectivity index (χ0n) is 8.17. The molecule has 1 aliphatic heterocycles. The minimum Gasteiger partial charge on any atom is -0.317 e. The Morgan fingerprint density at radius 2 is 1.05 bits per heavy atom. The molecule has 0 fully saturated rings. The van der Waals surface area contributed by atoms with Gasteiger partial charge in [0.25, 0.3) is 0 Å². The molecule has 0 bridgehead atoms. The normalized spacial score (nSPS) is 20.5. The molecule has 19 heavy (non-hydrogen) atoms. The van der Waals surface area contributed by atoms with Crippen LogP contribution in [0.1, 0.15) is 0 Å². The lowest BCUT2D eigenvalue weighted by Crippen LogP contribution is -2.55. The van der Waals surface area contributed by atoms with Crippen molar-refractivity contribution in [2.45, 2.75) is 24.4 Å². The molecular formula is C6HF10N3. The molecule has 0 radical (unpaired) electrons. The highest BCUT2D eigenvalue weighted by atomic mass is 19.4. The summed E-state index contributed by atoms with van der Waals surface area (Å²) in [6.45, 7) is 0. The first-order chi connectivity index (χ1) is 8.17. The summed E-state index contributed by atoms with van der Waals surface area (Å²) in [5.74, 6) is -10.9. The van der Waals surface area contributed by atoms with Crippen LogP contribution in [-0.2, 0) is 0 Å². The summed E-state index contributed by atoms with van der Waals surface area (Å²) in [5, 5.41) is 0.471. The van der Waals surface area contributed by atoms with Crippen molar-refractivity contribution in [1.82, 2.24) is 5.32 Å². The second-order valence-corrected chi connectivity index (χ2v) is 3.13. The molecule has 1 rings (SSSR count). The van der Waals surface area contributed by atoms with Crippen LogP contribution in [0.15, 0.2) is 9.98 Å². The second kappa shape index (κ2) is 3.96. The molecule has 0 unspecified atom stereocenters. The average molecular weight is 305 g/mol. The van der Waals surface area contributed by atoms with Gasteiger partial charge in [-0.05, 0) is 0 Å². The molecule has 1 aliphatic rings. The maximum Gasteiger partial charge on any atom is 0.467 e. The Morgan fingerprint density at radius 1 is 0.737 bits per heavy atom. The van der Waals surface area contributed by atoms with Crippen LogP contribution >= 0.6 is 0 Å². The molecule has 0 spiro atoms. The minimum absolute atomic E-state index is 0.471. The molecule has 0 atom stereocenters. The van der Waals surface area contributed by atoms with Gasteiger partial charge in [0, 0.05) is 0 Å². The highest BCUT2D eigenvalue weighted by Crippen LogP contribution is 2.40. The number of amidine groups is 2. The van der Waals surface area contributed by atoms with Crippen molar-refractivity contribution in [2.24, 2.45) is 9.98 Å². The van der Waals surface area contributed by atoms with Gasteiger partial charge in [0.2, 0.25) is 11.7 Å². The predicted molar refractivity (Wildman–Crippen MR) is 40.0 cm³/mol. The van der Waals surface area contributed by atoms with Gasteiger partial charge in [0.1, 0.15) is 0 Å². The first-order valence-electron chi connectivity index (χ1n) is 4.03. The topological polar surface area (TPSA) is 36.8 Å². The third-order valence-corrected chi connectivity index (χ3v) is 1.65. The predicted octanol–water partition coefficient (Wildman–Crippen LogP) is 2.70. The standard InChI is InChI=1S/C6HF10N3/c7-3(8,9)1-17-2(4(10,11)12)19-6(16,18-1)5(13,14)15/h(H,17,18,19). The highest BCUT2D eigenvalue weighted by molar-refractivity contribution is 6.07. The number of hydrogen-bond donors (Lipinski definition) is 1. The van der Waals surface area contributed by atoms with E-state index in [1.54, 1.807) is 0 Å². The van der Waals surface area contributed by atoms with E-state index >= 15 is 0 Å². The molecule has 0 aromatic rings. The van der Waals surface area contributed by atoms with Gasteiger partial charge in [0.05, 0.1) is 0 Å². The number of nitrogens with zero attached hydrogens (tertiary/aromatic N) is 2. The Bertz CT molecular complexity index is 394. The summed E-state index contributed by atoms with van der Waals surface area (Å²) in [5.41, 5.74) is 0. The summed E-state index contributed by atoms with van der Waals surface area (Å²) in [6, 6.07) is 0. The van der Waals surface area contributed by atoms with E-state index in [0.29, 0.717) is 5.32 Å². The summed E-state index contributed by atoms with van der Waals surface area (Å²) < 4.78 is 122. The van der Waals surface area contributed by atoms with Crippen LogP contribution in [-0.4, -0.2) is 36.1 Å². The number of alkyl halides is 10.